The number of halogens is 1. The van der Waals surface area contributed by atoms with E-state index in [1.54, 1.807) is 42.5 Å². The highest BCUT2D eigenvalue weighted by atomic mass is 35.5. The van der Waals surface area contributed by atoms with Gasteiger partial charge in [-0.1, -0.05) is 65.7 Å². The van der Waals surface area contributed by atoms with Gasteiger partial charge in [0.15, 0.2) is 0 Å². The SMILES string of the molecule is COC(=O)[C@H](Cc1cn(S(=O)(=O)c2ccc(C)cc2)c2cccc(Cl)c12)NC(=O)OCc1ccccc1. The lowest BCUT2D eigenvalue weighted by atomic mass is 10.1. The third-order valence-corrected chi connectivity index (χ3v) is 7.82. The Hall–Kier alpha value is -3.82. The van der Waals surface area contributed by atoms with Gasteiger partial charge in [0.1, 0.15) is 12.6 Å². The Balaban J connectivity index is 1.66. The number of aryl methyl sites for hydroxylation is 1. The predicted octanol–water partition coefficient (Wildman–Crippen LogP) is 4.85. The van der Waals surface area contributed by atoms with Crippen molar-refractivity contribution in [2.24, 2.45) is 0 Å². The van der Waals surface area contributed by atoms with Crippen LogP contribution in [0.5, 0.6) is 0 Å². The van der Waals surface area contributed by atoms with E-state index >= 15 is 0 Å². The highest BCUT2D eigenvalue weighted by Crippen LogP contribution is 2.32. The zero-order valence-electron chi connectivity index (χ0n) is 20.2. The lowest BCUT2D eigenvalue weighted by Gasteiger charge is -2.16. The second-order valence-electron chi connectivity index (χ2n) is 8.39. The molecule has 0 saturated carbocycles. The predicted molar refractivity (Wildman–Crippen MR) is 140 cm³/mol. The zero-order chi connectivity index (χ0) is 26.6. The molecule has 0 spiro atoms. The highest BCUT2D eigenvalue weighted by molar-refractivity contribution is 7.90. The summed E-state index contributed by atoms with van der Waals surface area (Å²) < 4.78 is 38.2. The molecule has 37 heavy (non-hydrogen) atoms. The number of carbonyl (C=O) groups is 2. The molecule has 4 aromatic rings. The number of esters is 1. The number of amides is 1. The molecule has 0 saturated heterocycles. The zero-order valence-corrected chi connectivity index (χ0v) is 21.8. The Kier molecular flexibility index (Phi) is 7.85. The van der Waals surface area contributed by atoms with Gasteiger partial charge in [0.05, 0.1) is 22.5 Å². The van der Waals surface area contributed by atoms with Crippen molar-refractivity contribution in [3.63, 3.8) is 0 Å². The van der Waals surface area contributed by atoms with Crippen LogP contribution in [0.4, 0.5) is 4.79 Å². The summed E-state index contributed by atoms with van der Waals surface area (Å²) in [6, 6.07) is 19.3. The summed E-state index contributed by atoms with van der Waals surface area (Å²) in [5.41, 5.74) is 2.49. The van der Waals surface area contributed by atoms with Crippen molar-refractivity contribution in [2.45, 2.75) is 30.9 Å². The summed E-state index contributed by atoms with van der Waals surface area (Å²) in [5, 5.41) is 3.28. The Labute approximate surface area is 219 Å². The van der Waals surface area contributed by atoms with Crippen LogP contribution in [0.1, 0.15) is 16.7 Å². The first-order valence-corrected chi connectivity index (χ1v) is 13.2. The molecule has 1 amide bonds. The minimum Gasteiger partial charge on any atom is -0.467 e. The number of alkyl carbamates (subject to hydrolysis) is 1. The number of aromatic nitrogens is 1. The molecule has 1 heterocycles. The second kappa shape index (κ2) is 11.1. The van der Waals surface area contributed by atoms with Gasteiger partial charge in [-0.15, -0.1) is 0 Å². The van der Waals surface area contributed by atoms with Gasteiger partial charge in [0, 0.05) is 18.0 Å². The molecular formula is C27H25ClN2O6S. The van der Waals surface area contributed by atoms with Crippen LogP contribution >= 0.6 is 11.6 Å². The fourth-order valence-electron chi connectivity index (χ4n) is 3.93. The van der Waals surface area contributed by atoms with Crippen LogP contribution in [0.3, 0.4) is 0 Å². The second-order valence-corrected chi connectivity index (χ2v) is 10.6. The first-order chi connectivity index (χ1) is 17.7. The summed E-state index contributed by atoms with van der Waals surface area (Å²) in [7, 11) is -2.77. The molecule has 0 aliphatic heterocycles. The number of hydrogen-bond donors (Lipinski definition) is 1. The maximum atomic E-state index is 13.5. The summed E-state index contributed by atoms with van der Waals surface area (Å²) in [6.07, 6.45) is 0.518. The van der Waals surface area contributed by atoms with E-state index in [2.05, 4.69) is 5.32 Å². The third kappa shape index (κ3) is 5.79. The Morgan fingerprint density at radius 2 is 1.70 bits per heavy atom. The molecule has 10 heteroatoms. The molecule has 8 nitrogen and oxygen atoms in total. The van der Waals surface area contributed by atoms with Crippen molar-refractivity contribution < 1.29 is 27.5 Å². The molecule has 1 atom stereocenters. The average Bonchev–Trinajstić information content (AvgIpc) is 3.28. The number of methoxy groups -OCH3 is 1. The molecule has 0 bridgehead atoms. The van der Waals surface area contributed by atoms with Crippen LogP contribution in [0.15, 0.2) is 83.9 Å². The molecule has 0 aliphatic carbocycles. The quantitative estimate of drug-likeness (QED) is 0.320. The minimum atomic E-state index is -3.97. The van der Waals surface area contributed by atoms with E-state index in [0.717, 1.165) is 15.1 Å². The summed E-state index contributed by atoms with van der Waals surface area (Å²) in [6.45, 7) is 1.88. The van der Waals surface area contributed by atoms with Crippen LogP contribution in [0, 0.1) is 6.92 Å². The van der Waals surface area contributed by atoms with E-state index in [9.17, 15) is 18.0 Å². The first kappa shape index (κ1) is 26.2. The molecule has 0 unspecified atom stereocenters. The van der Waals surface area contributed by atoms with E-state index in [1.165, 1.54) is 25.4 Å². The number of benzene rings is 3. The third-order valence-electron chi connectivity index (χ3n) is 5.82. The van der Waals surface area contributed by atoms with Crippen molar-refractivity contribution in [3.05, 3.63) is 101 Å². The summed E-state index contributed by atoms with van der Waals surface area (Å²) >= 11 is 6.48. The van der Waals surface area contributed by atoms with Crippen LogP contribution in [0.2, 0.25) is 5.02 Å². The molecule has 192 valence electrons. The summed E-state index contributed by atoms with van der Waals surface area (Å²) in [4.78, 5) is 25.1. The number of carbonyl (C=O) groups excluding carboxylic acids is 2. The Morgan fingerprint density at radius 1 is 1.00 bits per heavy atom. The molecule has 1 N–H and O–H groups in total. The molecule has 0 fully saturated rings. The van der Waals surface area contributed by atoms with Crippen LogP contribution in [0.25, 0.3) is 10.9 Å². The van der Waals surface area contributed by atoms with E-state index in [1.807, 2.05) is 25.1 Å². The number of rotatable bonds is 8. The number of fused-ring (bicyclic) bond motifs is 1. The van der Waals surface area contributed by atoms with Crippen molar-refractivity contribution >= 4 is 44.6 Å². The van der Waals surface area contributed by atoms with E-state index < -0.39 is 28.1 Å². The van der Waals surface area contributed by atoms with Gasteiger partial charge in [0.25, 0.3) is 10.0 Å². The maximum absolute atomic E-state index is 13.5. The smallest absolute Gasteiger partial charge is 0.408 e. The van der Waals surface area contributed by atoms with Gasteiger partial charge in [-0.3, -0.25) is 0 Å². The molecule has 1 aromatic heterocycles. The van der Waals surface area contributed by atoms with Crippen molar-refractivity contribution in [3.8, 4) is 0 Å². The van der Waals surface area contributed by atoms with Crippen LogP contribution in [-0.2, 0) is 37.3 Å². The number of nitrogens with zero attached hydrogens (tertiary/aromatic N) is 1. The molecule has 3 aromatic carbocycles. The fourth-order valence-corrected chi connectivity index (χ4v) is 5.61. The average molecular weight is 541 g/mol. The minimum absolute atomic E-state index is 0.0144. The Bertz CT molecular complexity index is 1530. The van der Waals surface area contributed by atoms with E-state index in [-0.39, 0.29) is 17.9 Å². The van der Waals surface area contributed by atoms with Crippen LogP contribution < -0.4 is 5.32 Å². The lowest BCUT2D eigenvalue weighted by Crippen LogP contribution is -2.43. The maximum Gasteiger partial charge on any atom is 0.408 e. The first-order valence-electron chi connectivity index (χ1n) is 11.4. The van der Waals surface area contributed by atoms with Crippen molar-refractivity contribution in [1.29, 1.82) is 0 Å². The van der Waals surface area contributed by atoms with Crippen LogP contribution in [-0.4, -0.2) is 37.6 Å². The molecular weight excluding hydrogens is 516 g/mol. The normalized spacial score (nSPS) is 12.2. The van der Waals surface area contributed by atoms with Crippen molar-refractivity contribution in [1.82, 2.24) is 9.29 Å². The van der Waals surface area contributed by atoms with Gasteiger partial charge in [-0.2, -0.15) is 0 Å². The fraction of sp³-hybridized carbons (Fsp3) is 0.185. The van der Waals surface area contributed by atoms with E-state index in [4.69, 9.17) is 21.1 Å². The van der Waals surface area contributed by atoms with Crippen molar-refractivity contribution in [2.75, 3.05) is 7.11 Å². The summed E-state index contributed by atoms with van der Waals surface area (Å²) in [5.74, 6) is -0.717. The number of hydrogen-bond acceptors (Lipinski definition) is 6. The molecule has 0 radical (unpaired) electrons. The van der Waals surface area contributed by atoms with Gasteiger partial charge in [-0.05, 0) is 42.3 Å². The standard InChI is InChI=1S/C27H25ClN2O6S/c1-18-11-13-21(14-12-18)37(33,34)30-16-20(25-22(28)9-6-10-24(25)30)15-23(26(31)35-2)29-27(32)36-17-19-7-4-3-5-8-19/h3-14,16,23H,15,17H2,1-2H3,(H,29,32)/t23-/m0/s1. The lowest BCUT2D eigenvalue weighted by molar-refractivity contribution is -0.143. The Morgan fingerprint density at radius 3 is 2.38 bits per heavy atom. The van der Waals surface area contributed by atoms with E-state index in [0.29, 0.717) is 21.5 Å². The molecule has 0 aliphatic rings. The van der Waals surface area contributed by atoms with Gasteiger partial charge < -0.3 is 14.8 Å². The highest BCUT2D eigenvalue weighted by Gasteiger charge is 2.28. The van der Waals surface area contributed by atoms with Gasteiger partial charge in [0.2, 0.25) is 0 Å². The topological polar surface area (TPSA) is 104 Å². The number of nitrogens with one attached hydrogen (secondary N) is 1. The monoisotopic (exact) mass is 540 g/mol. The van der Waals surface area contributed by atoms with Gasteiger partial charge in [-0.25, -0.2) is 22.0 Å². The molecule has 4 rings (SSSR count). The van der Waals surface area contributed by atoms with Gasteiger partial charge >= 0.3 is 12.1 Å². The largest absolute Gasteiger partial charge is 0.467 e. The number of ether oxygens (including phenoxy) is 2.